The van der Waals surface area contributed by atoms with Gasteiger partial charge in [0.05, 0.1) is 4.91 Å². The molecular formula is C21H21FN2O2S. The highest BCUT2D eigenvalue weighted by atomic mass is 32.2. The molecule has 1 aliphatic rings. The maximum atomic E-state index is 13.3. The smallest absolute Gasteiger partial charge is 0.266 e. The van der Waals surface area contributed by atoms with Gasteiger partial charge in [-0.05, 0) is 55.4 Å². The number of carbonyl (C=O) groups excluding carboxylic acids is 1. The molecule has 0 bridgehead atoms. The SMILES string of the molecule is CCN=C1S/C(=C\c2ccccc2OCc2cccc(F)c2)C(=O)N1CC. The van der Waals surface area contributed by atoms with Gasteiger partial charge in [0, 0.05) is 18.7 Å². The van der Waals surface area contributed by atoms with Crippen LogP contribution in [-0.4, -0.2) is 29.1 Å². The lowest BCUT2D eigenvalue weighted by Gasteiger charge is -2.11. The number of rotatable bonds is 6. The third-order valence-corrected chi connectivity index (χ3v) is 5.03. The number of thioether (sulfide) groups is 1. The van der Waals surface area contributed by atoms with Crippen LogP contribution in [0.1, 0.15) is 25.0 Å². The molecule has 1 aliphatic heterocycles. The van der Waals surface area contributed by atoms with Crippen LogP contribution in [0.2, 0.25) is 0 Å². The molecule has 0 saturated carbocycles. The summed E-state index contributed by atoms with van der Waals surface area (Å²) in [7, 11) is 0. The molecule has 0 atom stereocenters. The first-order valence-corrected chi connectivity index (χ1v) is 9.66. The van der Waals surface area contributed by atoms with E-state index in [2.05, 4.69) is 4.99 Å². The molecule has 2 aromatic rings. The van der Waals surface area contributed by atoms with Crippen LogP contribution < -0.4 is 4.74 Å². The van der Waals surface area contributed by atoms with Gasteiger partial charge >= 0.3 is 0 Å². The van der Waals surface area contributed by atoms with E-state index in [0.29, 0.717) is 23.7 Å². The van der Waals surface area contributed by atoms with Gasteiger partial charge in [-0.25, -0.2) is 4.39 Å². The van der Waals surface area contributed by atoms with Crippen molar-refractivity contribution < 1.29 is 13.9 Å². The van der Waals surface area contributed by atoms with Crippen LogP contribution in [0.3, 0.4) is 0 Å². The second kappa shape index (κ2) is 8.86. The third-order valence-electron chi connectivity index (χ3n) is 3.99. The Morgan fingerprint density at radius 2 is 2.00 bits per heavy atom. The summed E-state index contributed by atoms with van der Waals surface area (Å²) in [5.41, 5.74) is 1.55. The van der Waals surface area contributed by atoms with Crippen molar-refractivity contribution in [2.24, 2.45) is 4.99 Å². The molecule has 1 heterocycles. The maximum absolute atomic E-state index is 13.3. The summed E-state index contributed by atoms with van der Waals surface area (Å²) >= 11 is 1.38. The Balaban J connectivity index is 1.82. The first-order valence-electron chi connectivity index (χ1n) is 8.84. The topological polar surface area (TPSA) is 41.9 Å². The molecule has 0 aromatic heterocycles. The highest BCUT2D eigenvalue weighted by molar-refractivity contribution is 8.18. The van der Waals surface area contributed by atoms with Crippen LogP contribution in [0.25, 0.3) is 6.08 Å². The number of carbonyl (C=O) groups is 1. The van der Waals surface area contributed by atoms with Crippen molar-refractivity contribution in [3.63, 3.8) is 0 Å². The van der Waals surface area contributed by atoms with E-state index in [1.807, 2.05) is 50.3 Å². The molecule has 2 aromatic carbocycles. The summed E-state index contributed by atoms with van der Waals surface area (Å²) in [6.07, 6.45) is 1.83. The average Bonchev–Trinajstić information content (AvgIpc) is 2.96. The molecule has 0 spiro atoms. The zero-order chi connectivity index (χ0) is 19.2. The molecule has 1 saturated heterocycles. The van der Waals surface area contributed by atoms with E-state index in [9.17, 15) is 9.18 Å². The van der Waals surface area contributed by atoms with Crippen molar-refractivity contribution >= 4 is 28.9 Å². The molecule has 4 nitrogen and oxygen atoms in total. The predicted molar refractivity (Wildman–Crippen MR) is 108 cm³/mol. The van der Waals surface area contributed by atoms with Gasteiger partial charge in [-0.2, -0.15) is 0 Å². The minimum atomic E-state index is -0.290. The number of amidine groups is 1. The van der Waals surface area contributed by atoms with Gasteiger partial charge in [-0.15, -0.1) is 0 Å². The van der Waals surface area contributed by atoms with Gasteiger partial charge in [0.15, 0.2) is 5.17 Å². The fourth-order valence-electron chi connectivity index (χ4n) is 2.70. The Kier molecular flexibility index (Phi) is 6.29. The number of amides is 1. The van der Waals surface area contributed by atoms with Crippen molar-refractivity contribution in [3.05, 3.63) is 70.4 Å². The Bertz CT molecular complexity index is 895. The molecule has 0 radical (unpaired) electrons. The van der Waals surface area contributed by atoms with E-state index >= 15 is 0 Å². The molecular weight excluding hydrogens is 363 g/mol. The first-order chi connectivity index (χ1) is 13.1. The summed E-state index contributed by atoms with van der Waals surface area (Å²) in [5, 5.41) is 0.731. The number of ether oxygens (including phenoxy) is 1. The molecule has 1 fully saturated rings. The molecule has 140 valence electrons. The minimum Gasteiger partial charge on any atom is -0.488 e. The number of hydrogen-bond acceptors (Lipinski definition) is 4. The standard InChI is InChI=1S/C21H21FN2O2S/c1-3-23-21-24(4-2)20(25)19(27-21)13-16-9-5-6-11-18(16)26-14-15-8-7-10-17(22)12-15/h5-13H,3-4,14H2,1-2H3/b19-13-,23-21?. The Morgan fingerprint density at radius 1 is 1.19 bits per heavy atom. The zero-order valence-corrected chi connectivity index (χ0v) is 16.1. The molecule has 6 heteroatoms. The van der Waals surface area contributed by atoms with E-state index in [1.165, 1.54) is 23.9 Å². The molecule has 1 amide bonds. The highest BCUT2D eigenvalue weighted by Gasteiger charge is 2.31. The quantitative estimate of drug-likeness (QED) is 0.677. The summed E-state index contributed by atoms with van der Waals surface area (Å²) in [5.74, 6) is 0.308. The van der Waals surface area contributed by atoms with E-state index in [0.717, 1.165) is 16.3 Å². The van der Waals surface area contributed by atoms with Crippen LogP contribution >= 0.6 is 11.8 Å². The average molecular weight is 384 g/mol. The summed E-state index contributed by atoms with van der Waals surface area (Å²) in [4.78, 5) is 19.3. The molecule has 0 aliphatic carbocycles. The van der Waals surface area contributed by atoms with Gasteiger partial charge in [0.1, 0.15) is 18.2 Å². The Morgan fingerprint density at radius 3 is 2.74 bits per heavy atom. The van der Waals surface area contributed by atoms with Gasteiger partial charge < -0.3 is 4.74 Å². The number of para-hydroxylation sites is 1. The van der Waals surface area contributed by atoms with E-state index in [-0.39, 0.29) is 18.3 Å². The Hall–Kier alpha value is -2.60. The largest absolute Gasteiger partial charge is 0.488 e. The fraction of sp³-hybridized carbons (Fsp3) is 0.238. The number of benzene rings is 2. The van der Waals surface area contributed by atoms with E-state index < -0.39 is 0 Å². The maximum Gasteiger partial charge on any atom is 0.266 e. The second-order valence-electron chi connectivity index (χ2n) is 5.87. The number of aliphatic imine (C=N–C) groups is 1. The first kappa shape index (κ1) is 19.2. The molecule has 3 rings (SSSR count). The van der Waals surface area contributed by atoms with Crippen LogP contribution in [0.4, 0.5) is 4.39 Å². The monoisotopic (exact) mass is 384 g/mol. The van der Waals surface area contributed by atoms with Crippen molar-refractivity contribution in [1.82, 2.24) is 4.90 Å². The Labute approximate surface area is 162 Å². The minimum absolute atomic E-state index is 0.0466. The lowest BCUT2D eigenvalue weighted by atomic mass is 10.1. The predicted octanol–water partition coefficient (Wildman–Crippen LogP) is 4.72. The summed E-state index contributed by atoms with van der Waals surface area (Å²) in [6.45, 7) is 5.35. The molecule has 27 heavy (non-hydrogen) atoms. The van der Waals surface area contributed by atoms with E-state index in [4.69, 9.17) is 4.74 Å². The van der Waals surface area contributed by atoms with Crippen LogP contribution in [-0.2, 0) is 11.4 Å². The van der Waals surface area contributed by atoms with Gasteiger partial charge in [0.25, 0.3) is 5.91 Å². The normalized spacial score (nSPS) is 17.1. The van der Waals surface area contributed by atoms with Crippen molar-refractivity contribution in [2.75, 3.05) is 13.1 Å². The number of likely N-dealkylation sites (N-methyl/N-ethyl adjacent to an activating group) is 1. The van der Waals surface area contributed by atoms with Crippen molar-refractivity contribution in [3.8, 4) is 5.75 Å². The van der Waals surface area contributed by atoms with Crippen LogP contribution in [0.5, 0.6) is 5.75 Å². The second-order valence-corrected chi connectivity index (χ2v) is 6.88. The van der Waals surface area contributed by atoms with Crippen LogP contribution in [0, 0.1) is 5.82 Å². The lowest BCUT2D eigenvalue weighted by Crippen LogP contribution is -2.28. The van der Waals surface area contributed by atoms with Gasteiger partial charge in [0.2, 0.25) is 0 Å². The molecule has 0 N–H and O–H groups in total. The zero-order valence-electron chi connectivity index (χ0n) is 15.3. The number of nitrogens with zero attached hydrogens (tertiary/aromatic N) is 2. The van der Waals surface area contributed by atoms with Crippen molar-refractivity contribution in [2.45, 2.75) is 20.5 Å². The van der Waals surface area contributed by atoms with E-state index in [1.54, 1.807) is 11.0 Å². The lowest BCUT2D eigenvalue weighted by molar-refractivity contribution is -0.122. The van der Waals surface area contributed by atoms with Gasteiger partial charge in [-0.1, -0.05) is 30.3 Å². The van der Waals surface area contributed by atoms with Crippen LogP contribution in [0.15, 0.2) is 58.4 Å². The van der Waals surface area contributed by atoms with Crippen molar-refractivity contribution in [1.29, 1.82) is 0 Å². The number of halogens is 1. The van der Waals surface area contributed by atoms with Gasteiger partial charge in [-0.3, -0.25) is 14.7 Å². The third kappa shape index (κ3) is 4.57. The highest BCUT2D eigenvalue weighted by Crippen LogP contribution is 2.34. The number of hydrogen-bond donors (Lipinski definition) is 0. The molecule has 0 unspecified atom stereocenters. The summed E-state index contributed by atoms with van der Waals surface area (Å²) in [6, 6.07) is 13.8. The fourth-order valence-corrected chi connectivity index (χ4v) is 3.80. The summed E-state index contributed by atoms with van der Waals surface area (Å²) < 4.78 is 19.2.